The molecular weight excluding hydrogens is 378 g/mol. The summed E-state index contributed by atoms with van der Waals surface area (Å²) in [7, 11) is 0. The van der Waals surface area contributed by atoms with Crippen LogP contribution in [0.15, 0.2) is 91.1 Å². The lowest BCUT2D eigenvalue weighted by molar-refractivity contribution is -0.125. The monoisotopic (exact) mass is 409 g/mol. The van der Waals surface area contributed by atoms with Gasteiger partial charge in [-0.1, -0.05) is 98.8 Å². The van der Waals surface area contributed by atoms with E-state index in [1.807, 2.05) is 26.0 Å². The molecule has 0 aromatic heterocycles. The van der Waals surface area contributed by atoms with Crippen LogP contribution < -0.4 is 0 Å². The van der Waals surface area contributed by atoms with Crippen molar-refractivity contribution in [2.75, 3.05) is 6.54 Å². The van der Waals surface area contributed by atoms with Gasteiger partial charge in [0.05, 0.1) is 0 Å². The van der Waals surface area contributed by atoms with Crippen molar-refractivity contribution in [3.8, 4) is 11.1 Å². The van der Waals surface area contributed by atoms with Gasteiger partial charge in [-0.3, -0.25) is 4.79 Å². The zero-order valence-corrected chi connectivity index (χ0v) is 18.4. The Morgan fingerprint density at radius 2 is 1.52 bits per heavy atom. The first-order chi connectivity index (χ1) is 15.1. The highest BCUT2D eigenvalue weighted by molar-refractivity contribution is 5.83. The van der Waals surface area contributed by atoms with Crippen molar-refractivity contribution >= 4 is 11.9 Å². The van der Waals surface area contributed by atoms with Gasteiger partial charge in [0.1, 0.15) is 5.78 Å². The predicted octanol–water partition coefficient (Wildman–Crippen LogP) is 6.48. The van der Waals surface area contributed by atoms with Gasteiger partial charge in [-0.05, 0) is 47.4 Å². The van der Waals surface area contributed by atoms with E-state index in [0.717, 1.165) is 19.4 Å². The molecule has 0 radical (unpaired) electrons. The fourth-order valence-corrected chi connectivity index (χ4v) is 4.48. The number of benzene rings is 3. The first-order valence-corrected chi connectivity index (χ1v) is 11.3. The predicted molar refractivity (Wildman–Crippen MR) is 130 cm³/mol. The second-order valence-corrected chi connectivity index (χ2v) is 8.83. The van der Waals surface area contributed by atoms with E-state index in [1.54, 1.807) is 0 Å². The van der Waals surface area contributed by atoms with E-state index in [-0.39, 0.29) is 11.8 Å². The molecule has 1 heterocycles. The number of hydrogen-bond acceptors (Lipinski definition) is 2. The van der Waals surface area contributed by atoms with Crippen LogP contribution >= 0.6 is 0 Å². The summed E-state index contributed by atoms with van der Waals surface area (Å²) in [5, 5.41) is 0. The molecule has 3 aromatic carbocycles. The van der Waals surface area contributed by atoms with Crippen molar-refractivity contribution in [1.82, 2.24) is 4.90 Å². The SMILES string of the molecule is CC(C)C(=O)[C@H]1CC(Cc2ccc(-c3ccccc3)cc2)N(/C=C/c2ccccc2)C1. The molecule has 3 aromatic rings. The molecule has 1 aliphatic rings. The molecule has 1 fully saturated rings. The third kappa shape index (κ3) is 5.32. The molecule has 0 amide bonds. The van der Waals surface area contributed by atoms with Crippen molar-refractivity contribution in [2.24, 2.45) is 11.8 Å². The van der Waals surface area contributed by atoms with E-state index in [4.69, 9.17) is 0 Å². The fraction of sp³-hybridized carbons (Fsp3) is 0.276. The Morgan fingerprint density at radius 1 is 0.903 bits per heavy atom. The van der Waals surface area contributed by atoms with E-state index in [0.29, 0.717) is 11.8 Å². The molecule has 0 N–H and O–H groups in total. The van der Waals surface area contributed by atoms with Gasteiger partial charge in [0.25, 0.3) is 0 Å². The van der Waals surface area contributed by atoms with Crippen LogP contribution in [0.3, 0.4) is 0 Å². The van der Waals surface area contributed by atoms with Gasteiger partial charge in [-0.15, -0.1) is 0 Å². The molecule has 2 atom stereocenters. The quantitative estimate of drug-likeness (QED) is 0.445. The summed E-state index contributed by atoms with van der Waals surface area (Å²) in [5.41, 5.74) is 4.99. The number of likely N-dealkylation sites (tertiary alicyclic amines) is 1. The van der Waals surface area contributed by atoms with Crippen LogP contribution in [0.5, 0.6) is 0 Å². The Morgan fingerprint density at radius 3 is 2.16 bits per heavy atom. The third-order valence-electron chi connectivity index (χ3n) is 6.22. The van der Waals surface area contributed by atoms with E-state index >= 15 is 0 Å². The average molecular weight is 410 g/mol. The normalized spacial score (nSPS) is 18.7. The summed E-state index contributed by atoms with van der Waals surface area (Å²) in [5.74, 6) is 0.600. The zero-order valence-electron chi connectivity index (χ0n) is 18.4. The first kappa shape index (κ1) is 21.1. The zero-order chi connectivity index (χ0) is 21.6. The molecule has 4 rings (SSSR count). The van der Waals surface area contributed by atoms with E-state index < -0.39 is 0 Å². The van der Waals surface area contributed by atoms with E-state index in [9.17, 15) is 4.79 Å². The van der Waals surface area contributed by atoms with Crippen LogP contribution in [0.1, 0.15) is 31.4 Å². The average Bonchev–Trinajstić information content (AvgIpc) is 3.21. The third-order valence-corrected chi connectivity index (χ3v) is 6.22. The molecular formula is C29H31NO. The maximum absolute atomic E-state index is 12.7. The minimum absolute atomic E-state index is 0.0915. The number of rotatable bonds is 7. The molecule has 0 saturated carbocycles. The summed E-state index contributed by atoms with van der Waals surface area (Å²) in [6, 6.07) is 30.1. The molecule has 1 unspecified atom stereocenters. The second-order valence-electron chi connectivity index (χ2n) is 8.83. The Kier molecular flexibility index (Phi) is 6.66. The lowest BCUT2D eigenvalue weighted by Crippen LogP contribution is -2.26. The summed E-state index contributed by atoms with van der Waals surface area (Å²) in [6.45, 7) is 4.84. The van der Waals surface area contributed by atoms with Gasteiger partial charge in [0, 0.05) is 24.4 Å². The smallest absolute Gasteiger partial charge is 0.140 e. The van der Waals surface area contributed by atoms with Gasteiger partial charge in [-0.25, -0.2) is 0 Å². The Balaban J connectivity index is 1.50. The van der Waals surface area contributed by atoms with Crippen molar-refractivity contribution < 1.29 is 4.79 Å². The van der Waals surface area contributed by atoms with E-state index in [1.165, 1.54) is 22.3 Å². The number of hydrogen-bond donors (Lipinski definition) is 0. The van der Waals surface area contributed by atoms with Crippen LogP contribution in [0.4, 0.5) is 0 Å². The fourth-order valence-electron chi connectivity index (χ4n) is 4.48. The highest BCUT2D eigenvalue weighted by Crippen LogP contribution is 2.30. The molecule has 0 bridgehead atoms. The lowest BCUT2D eigenvalue weighted by atomic mass is 9.91. The Labute approximate surface area is 186 Å². The van der Waals surface area contributed by atoms with Crippen molar-refractivity contribution in [3.63, 3.8) is 0 Å². The van der Waals surface area contributed by atoms with E-state index in [2.05, 4.69) is 90.0 Å². The van der Waals surface area contributed by atoms with Crippen LogP contribution in [0.2, 0.25) is 0 Å². The molecule has 1 aliphatic heterocycles. The molecule has 0 spiro atoms. The summed E-state index contributed by atoms with van der Waals surface area (Å²) >= 11 is 0. The number of Topliss-reactive ketones (excluding diaryl/α,β-unsaturated/α-hetero) is 1. The molecule has 31 heavy (non-hydrogen) atoms. The van der Waals surface area contributed by atoms with Crippen LogP contribution in [0, 0.1) is 11.8 Å². The topological polar surface area (TPSA) is 20.3 Å². The van der Waals surface area contributed by atoms with Crippen LogP contribution in [-0.4, -0.2) is 23.3 Å². The molecule has 1 saturated heterocycles. The van der Waals surface area contributed by atoms with Gasteiger partial charge >= 0.3 is 0 Å². The maximum Gasteiger partial charge on any atom is 0.140 e. The molecule has 2 heteroatoms. The Bertz CT molecular complexity index is 1010. The van der Waals surface area contributed by atoms with Crippen LogP contribution in [0.25, 0.3) is 17.2 Å². The number of carbonyl (C=O) groups excluding carboxylic acids is 1. The van der Waals surface area contributed by atoms with Gasteiger partial charge in [0.15, 0.2) is 0 Å². The van der Waals surface area contributed by atoms with Crippen molar-refractivity contribution in [2.45, 2.75) is 32.7 Å². The highest BCUT2D eigenvalue weighted by Gasteiger charge is 2.35. The number of ketones is 1. The highest BCUT2D eigenvalue weighted by atomic mass is 16.1. The van der Waals surface area contributed by atoms with Crippen molar-refractivity contribution in [3.05, 3.63) is 102 Å². The van der Waals surface area contributed by atoms with Crippen LogP contribution in [-0.2, 0) is 11.2 Å². The number of nitrogens with zero attached hydrogens (tertiary/aromatic N) is 1. The maximum atomic E-state index is 12.7. The number of carbonyl (C=O) groups is 1. The summed E-state index contributed by atoms with van der Waals surface area (Å²) < 4.78 is 0. The largest absolute Gasteiger partial charge is 0.373 e. The van der Waals surface area contributed by atoms with Gasteiger partial charge in [-0.2, -0.15) is 0 Å². The molecule has 2 nitrogen and oxygen atoms in total. The Hall–Kier alpha value is -3.13. The van der Waals surface area contributed by atoms with Gasteiger partial charge < -0.3 is 4.90 Å². The van der Waals surface area contributed by atoms with Gasteiger partial charge in [0.2, 0.25) is 0 Å². The minimum Gasteiger partial charge on any atom is -0.373 e. The standard InChI is InChI=1S/C29H31NO/c1-22(2)29(31)27-20-28(30(21-27)18-17-23-9-5-3-6-10-23)19-24-13-15-26(16-14-24)25-11-7-4-8-12-25/h3-18,22,27-28H,19-21H2,1-2H3/b18-17+/t27-,28?/m0/s1. The summed E-state index contributed by atoms with van der Waals surface area (Å²) in [6.07, 6.45) is 6.23. The summed E-state index contributed by atoms with van der Waals surface area (Å²) in [4.78, 5) is 15.1. The second kappa shape index (κ2) is 9.78. The molecule has 158 valence electrons. The molecule has 0 aliphatic carbocycles. The minimum atomic E-state index is 0.0915. The lowest BCUT2D eigenvalue weighted by Gasteiger charge is -2.23. The first-order valence-electron chi connectivity index (χ1n) is 11.3. The van der Waals surface area contributed by atoms with Crippen molar-refractivity contribution in [1.29, 1.82) is 0 Å².